The summed E-state index contributed by atoms with van der Waals surface area (Å²) < 4.78 is 16.5. The number of benzene rings is 1. The van der Waals surface area contributed by atoms with Crippen molar-refractivity contribution in [2.45, 2.75) is 13.0 Å². The first-order chi connectivity index (χ1) is 9.80. The van der Waals surface area contributed by atoms with Gasteiger partial charge in [0, 0.05) is 5.56 Å². The molecule has 0 amide bonds. The fourth-order valence-electron chi connectivity index (χ4n) is 2.76. The van der Waals surface area contributed by atoms with Crippen LogP contribution in [0, 0.1) is 0 Å². The summed E-state index contributed by atoms with van der Waals surface area (Å²) in [7, 11) is 1.68. The Morgan fingerprint density at radius 3 is 2.65 bits per heavy atom. The Kier molecular flexibility index (Phi) is 5.64. The number of hydrogen-bond acceptors (Lipinski definition) is 3. The molecule has 1 aromatic carbocycles. The van der Waals surface area contributed by atoms with E-state index in [0.717, 1.165) is 44.3 Å². The van der Waals surface area contributed by atoms with Crippen molar-refractivity contribution in [2.75, 3.05) is 46.6 Å². The van der Waals surface area contributed by atoms with Crippen LogP contribution in [0.3, 0.4) is 0 Å². The minimum atomic E-state index is 0.392. The first kappa shape index (κ1) is 15.1. The quantitative estimate of drug-likeness (QED) is 0.725. The van der Waals surface area contributed by atoms with E-state index in [4.69, 9.17) is 14.2 Å². The number of rotatable bonds is 6. The van der Waals surface area contributed by atoms with Crippen LogP contribution in [0.15, 0.2) is 18.2 Å². The fourth-order valence-corrected chi connectivity index (χ4v) is 2.76. The molecule has 0 aliphatic carbocycles. The average molecular weight is 282 g/mol. The zero-order valence-electron chi connectivity index (χ0n) is 12.5. The molecule has 1 aliphatic rings. The molecule has 0 radical (unpaired) electrons. The van der Waals surface area contributed by atoms with Crippen LogP contribution in [0.5, 0.6) is 11.5 Å². The number of methoxy groups -OCH3 is 1. The maximum absolute atomic E-state index is 5.57. The topological polar surface area (TPSA) is 59.8 Å². The summed E-state index contributed by atoms with van der Waals surface area (Å²) in [5.74, 6) is 1.61. The van der Waals surface area contributed by atoms with Crippen LogP contribution in [-0.4, -0.2) is 46.6 Å². The van der Waals surface area contributed by atoms with Gasteiger partial charge in [-0.2, -0.15) is 0 Å². The zero-order chi connectivity index (χ0) is 14.4. The molecule has 1 atom stereocenters. The number of nitrogens with one attached hydrogen (secondary N) is 1. The average Bonchev–Trinajstić information content (AvgIpc) is 2.50. The molecule has 1 fully saturated rings. The minimum absolute atomic E-state index is 0.392. The molecule has 20 heavy (non-hydrogen) atoms. The highest BCUT2D eigenvalue weighted by Gasteiger charge is 2.27. The first-order valence-electron chi connectivity index (χ1n) is 7.32. The monoisotopic (exact) mass is 282 g/mol. The number of hydrogen-bond donors (Lipinski definition) is 2. The van der Waals surface area contributed by atoms with E-state index < -0.39 is 0 Å². The fraction of sp³-hybridized carbons (Fsp3) is 0.600. The van der Waals surface area contributed by atoms with Crippen molar-refractivity contribution in [3.8, 4) is 11.5 Å². The Balaban J connectivity index is 2.20. The lowest BCUT2D eigenvalue weighted by Gasteiger charge is -2.30. The van der Waals surface area contributed by atoms with Crippen LogP contribution in [0.4, 0.5) is 0 Å². The highest BCUT2D eigenvalue weighted by molar-refractivity contribution is 5.43. The largest absolute Gasteiger partial charge is 0.493 e. The van der Waals surface area contributed by atoms with Crippen molar-refractivity contribution in [2.24, 2.45) is 0 Å². The predicted octanol–water partition coefficient (Wildman–Crippen LogP) is -0.708. The van der Waals surface area contributed by atoms with Crippen molar-refractivity contribution in [3.05, 3.63) is 23.8 Å². The molecule has 1 aromatic rings. The van der Waals surface area contributed by atoms with Crippen LogP contribution >= 0.6 is 0 Å². The van der Waals surface area contributed by atoms with E-state index >= 15 is 0 Å². The van der Waals surface area contributed by atoms with E-state index in [9.17, 15) is 0 Å². The molecular formula is C15H26N2O3+2. The number of quaternary nitrogens is 2. The Morgan fingerprint density at radius 2 is 2.05 bits per heavy atom. The van der Waals surface area contributed by atoms with Crippen LogP contribution in [0.2, 0.25) is 0 Å². The van der Waals surface area contributed by atoms with Crippen LogP contribution in [0.25, 0.3) is 0 Å². The summed E-state index contributed by atoms with van der Waals surface area (Å²) in [6, 6.07) is 6.61. The maximum Gasteiger partial charge on any atom is 0.163 e. The summed E-state index contributed by atoms with van der Waals surface area (Å²) in [4.78, 5) is 1.54. The van der Waals surface area contributed by atoms with Gasteiger partial charge in [-0.1, -0.05) is 0 Å². The van der Waals surface area contributed by atoms with Gasteiger partial charge in [0.2, 0.25) is 0 Å². The van der Waals surface area contributed by atoms with Gasteiger partial charge < -0.3 is 24.8 Å². The highest BCUT2D eigenvalue weighted by atomic mass is 16.5. The lowest BCUT2D eigenvalue weighted by atomic mass is 10.0. The second-order valence-corrected chi connectivity index (χ2v) is 4.96. The Bertz CT molecular complexity index is 420. The normalized spacial score (nSPS) is 17.8. The molecule has 2 rings (SSSR count). The van der Waals surface area contributed by atoms with Gasteiger partial charge >= 0.3 is 0 Å². The van der Waals surface area contributed by atoms with E-state index in [2.05, 4.69) is 17.9 Å². The second kappa shape index (κ2) is 7.47. The van der Waals surface area contributed by atoms with Crippen molar-refractivity contribution in [1.82, 2.24) is 0 Å². The van der Waals surface area contributed by atoms with Crippen molar-refractivity contribution < 1.29 is 24.8 Å². The van der Waals surface area contributed by atoms with Crippen molar-refractivity contribution in [3.63, 3.8) is 0 Å². The van der Waals surface area contributed by atoms with Gasteiger partial charge in [-0.3, -0.25) is 0 Å². The maximum atomic E-state index is 5.57. The van der Waals surface area contributed by atoms with E-state index in [1.165, 1.54) is 10.5 Å². The number of morpholine rings is 1. The van der Waals surface area contributed by atoms with Crippen molar-refractivity contribution >= 4 is 0 Å². The van der Waals surface area contributed by atoms with Gasteiger partial charge in [0.1, 0.15) is 19.6 Å². The molecule has 112 valence electrons. The lowest BCUT2D eigenvalue weighted by molar-refractivity contribution is -0.944. The third-order valence-electron chi connectivity index (χ3n) is 3.81. The van der Waals surface area contributed by atoms with Gasteiger partial charge in [0.05, 0.1) is 26.9 Å². The molecular weight excluding hydrogens is 256 g/mol. The third kappa shape index (κ3) is 3.42. The van der Waals surface area contributed by atoms with E-state index in [-0.39, 0.29) is 0 Å². The summed E-state index contributed by atoms with van der Waals surface area (Å²) in [5.41, 5.74) is 5.38. The minimum Gasteiger partial charge on any atom is -0.493 e. The summed E-state index contributed by atoms with van der Waals surface area (Å²) in [6.45, 7) is 7.23. The Labute approximate surface area is 120 Å². The molecule has 5 heteroatoms. The van der Waals surface area contributed by atoms with Gasteiger partial charge in [-0.05, 0) is 25.1 Å². The first-order valence-corrected chi connectivity index (χ1v) is 7.32. The van der Waals surface area contributed by atoms with Gasteiger partial charge in [-0.15, -0.1) is 0 Å². The molecule has 1 saturated heterocycles. The van der Waals surface area contributed by atoms with Gasteiger partial charge in [-0.25, -0.2) is 0 Å². The van der Waals surface area contributed by atoms with Crippen molar-refractivity contribution in [1.29, 1.82) is 0 Å². The van der Waals surface area contributed by atoms with E-state index in [1.54, 1.807) is 7.11 Å². The molecule has 0 aromatic heterocycles. The van der Waals surface area contributed by atoms with E-state index in [0.29, 0.717) is 12.6 Å². The lowest BCUT2D eigenvalue weighted by Crippen LogP contribution is -3.15. The summed E-state index contributed by atoms with van der Waals surface area (Å²) >= 11 is 0. The zero-order valence-corrected chi connectivity index (χ0v) is 12.5. The van der Waals surface area contributed by atoms with Gasteiger partial charge in [0.15, 0.2) is 17.5 Å². The molecule has 1 heterocycles. The molecule has 0 unspecified atom stereocenters. The molecule has 1 aliphatic heterocycles. The molecule has 0 bridgehead atoms. The smallest absolute Gasteiger partial charge is 0.163 e. The van der Waals surface area contributed by atoms with Gasteiger partial charge in [0.25, 0.3) is 0 Å². The SMILES string of the molecule is CCOc1ccc([C@@H](C[NH3+])[NH+]2CCOCC2)cc1OC. The summed E-state index contributed by atoms with van der Waals surface area (Å²) in [6.07, 6.45) is 0. The third-order valence-corrected chi connectivity index (χ3v) is 3.81. The molecule has 0 spiro atoms. The molecule has 5 nitrogen and oxygen atoms in total. The van der Waals surface area contributed by atoms with Crippen LogP contribution in [-0.2, 0) is 4.74 Å². The van der Waals surface area contributed by atoms with E-state index in [1.807, 2.05) is 13.0 Å². The standard InChI is InChI=1S/C15H24N2O3/c1-3-20-14-5-4-12(10-15(14)18-2)13(11-16)17-6-8-19-9-7-17/h4-5,10,13H,3,6-9,11,16H2,1-2H3/p+2/t13-/m1/s1. The molecule has 4 N–H and O–H groups in total. The van der Waals surface area contributed by atoms with Crippen LogP contribution in [0.1, 0.15) is 18.5 Å². The highest BCUT2D eigenvalue weighted by Crippen LogP contribution is 2.29. The Morgan fingerprint density at radius 1 is 1.30 bits per heavy atom. The molecule has 0 saturated carbocycles. The summed E-state index contributed by atoms with van der Waals surface area (Å²) in [5, 5.41) is 0. The second-order valence-electron chi connectivity index (χ2n) is 4.96. The predicted molar refractivity (Wildman–Crippen MR) is 76.2 cm³/mol. The van der Waals surface area contributed by atoms with Crippen LogP contribution < -0.4 is 20.1 Å². The Hall–Kier alpha value is -1.30. The number of ether oxygens (including phenoxy) is 3.